The van der Waals surface area contributed by atoms with Gasteiger partial charge in [0.15, 0.2) is 0 Å². The maximum absolute atomic E-state index is 6.13. The Bertz CT molecular complexity index is 407. The fourth-order valence-electron chi connectivity index (χ4n) is 2.40. The topological polar surface area (TPSA) is 29.3 Å². The molecular formula is C14H17ClN2. The zero-order chi connectivity index (χ0) is 12.3. The van der Waals surface area contributed by atoms with Crippen LogP contribution < -0.4 is 5.73 Å². The lowest BCUT2D eigenvalue weighted by Gasteiger charge is -2.36. The summed E-state index contributed by atoms with van der Waals surface area (Å²) in [6.07, 6.45) is 7.46. The van der Waals surface area contributed by atoms with E-state index in [1.54, 1.807) is 0 Å². The van der Waals surface area contributed by atoms with Crippen molar-refractivity contribution in [3.8, 4) is 12.3 Å². The number of benzene rings is 1. The molecule has 0 aromatic heterocycles. The summed E-state index contributed by atoms with van der Waals surface area (Å²) in [6.45, 7) is 1.62. The van der Waals surface area contributed by atoms with Crippen LogP contribution in [0.1, 0.15) is 24.3 Å². The van der Waals surface area contributed by atoms with Crippen molar-refractivity contribution in [2.75, 3.05) is 13.1 Å². The smallest absolute Gasteiger partial charge is 0.0612 e. The Morgan fingerprint density at radius 3 is 2.71 bits per heavy atom. The van der Waals surface area contributed by atoms with Crippen molar-refractivity contribution in [3.63, 3.8) is 0 Å². The molecule has 17 heavy (non-hydrogen) atoms. The third-order valence-electron chi connectivity index (χ3n) is 3.40. The Hall–Kier alpha value is -1.01. The van der Waals surface area contributed by atoms with Crippen molar-refractivity contribution in [1.29, 1.82) is 0 Å². The molecule has 90 valence electrons. The molecule has 1 aliphatic rings. The second kappa shape index (κ2) is 5.55. The summed E-state index contributed by atoms with van der Waals surface area (Å²) in [4.78, 5) is 2.16. The van der Waals surface area contributed by atoms with E-state index < -0.39 is 0 Å². The standard InChI is InChI=1S/C14H17ClN2/c1-2-8-17-9-7-12(10-14(17)16)11-3-5-13(15)6-4-11/h1,3-6,12,14H,7-10,16H2. The molecular weight excluding hydrogens is 232 g/mol. The summed E-state index contributed by atoms with van der Waals surface area (Å²) < 4.78 is 0. The maximum Gasteiger partial charge on any atom is 0.0612 e. The lowest BCUT2D eigenvalue weighted by Crippen LogP contribution is -2.47. The van der Waals surface area contributed by atoms with E-state index in [0.717, 1.165) is 24.4 Å². The van der Waals surface area contributed by atoms with Crippen LogP contribution in [0.5, 0.6) is 0 Å². The van der Waals surface area contributed by atoms with Crippen LogP contribution in [-0.2, 0) is 0 Å². The molecule has 1 aromatic carbocycles. The zero-order valence-electron chi connectivity index (χ0n) is 9.77. The van der Waals surface area contributed by atoms with Gasteiger partial charge in [-0.15, -0.1) is 6.42 Å². The van der Waals surface area contributed by atoms with Crippen LogP contribution >= 0.6 is 11.6 Å². The monoisotopic (exact) mass is 248 g/mol. The van der Waals surface area contributed by atoms with Gasteiger partial charge in [0.1, 0.15) is 0 Å². The molecule has 2 nitrogen and oxygen atoms in total. The number of piperidine rings is 1. The van der Waals surface area contributed by atoms with Crippen molar-refractivity contribution < 1.29 is 0 Å². The third-order valence-corrected chi connectivity index (χ3v) is 3.65. The predicted octanol–water partition coefficient (Wildman–Crippen LogP) is 2.44. The molecule has 1 fully saturated rings. The largest absolute Gasteiger partial charge is 0.316 e. The SMILES string of the molecule is C#CCN1CCC(c2ccc(Cl)cc2)CC1N. The zero-order valence-corrected chi connectivity index (χ0v) is 10.5. The molecule has 2 rings (SSSR count). The highest BCUT2D eigenvalue weighted by atomic mass is 35.5. The molecule has 2 atom stereocenters. The number of nitrogens with zero attached hydrogens (tertiary/aromatic N) is 1. The molecule has 1 aromatic rings. The molecule has 1 aliphatic heterocycles. The van der Waals surface area contributed by atoms with Crippen molar-refractivity contribution in [1.82, 2.24) is 4.90 Å². The number of halogens is 1. The normalized spacial score (nSPS) is 25.5. The molecule has 1 saturated heterocycles. The van der Waals surface area contributed by atoms with Crippen molar-refractivity contribution >= 4 is 11.6 Å². The van der Waals surface area contributed by atoms with Crippen molar-refractivity contribution in [2.45, 2.75) is 24.9 Å². The van der Waals surface area contributed by atoms with Crippen LogP contribution in [0, 0.1) is 12.3 Å². The second-order valence-corrected chi connectivity index (χ2v) is 4.95. The van der Waals surface area contributed by atoms with Gasteiger partial charge in [-0.1, -0.05) is 29.7 Å². The van der Waals surface area contributed by atoms with E-state index in [4.69, 9.17) is 23.8 Å². The van der Waals surface area contributed by atoms with Crippen LogP contribution in [-0.4, -0.2) is 24.2 Å². The lowest BCUT2D eigenvalue weighted by atomic mass is 9.88. The van der Waals surface area contributed by atoms with Gasteiger partial charge in [0.2, 0.25) is 0 Å². The summed E-state index contributed by atoms with van der Waals surface area (Å²) in [5, 5.41) is 0.780. The van der Waals surface area contributed by atoms with Gasteiger partial charge < -0.3 is 5.73 Å². The van der Waals surface area contributed by atoms with E-state index in [2.05, 4.69) is 23.0 Å². The quantitative estimate of drug-likeness (QED) is 0.815. The number of likely N-dealkylation sites (tertiary alicyclic amines) is 1. The molecule has 0 aliphatic carbocycles. The molecule has 2 N–H and O–H groups in total. The summed E-state index contributed by atoms with van der Waals surface area (Å²) >= 11 is 5.89. The third kappa shape index (κ3) is 3.01. The van der Waals surface area contributed by atoms with E-state index in [1.807, 2.05) is 12.1 Å². The average Bonchev–Trinajstić information content (AvgIpc) is 2.33. The minimum atomic E-state index is 0.0699. The average molecular weight is 249 g/mol. The molecule has 0 bridgehead atoms. The van der Waals surface area contributed by atoms with E-state index in [1.165, 1.54) is 5.56 Å². The Morgan fingerprint density at radius 2 is 2.12 bits per heavy atom. The number of hydrogen-bond acceptors (Lipinski definition) is 2. The second-order valence-electron chi connectivity index (χ2n) is 4.51. The van der Waals surface area contributed by atoms with E-state index in [-0.39, 0.29) is 6.17 Å². The predicted molar refractivity (Wildman–Crippen MR) is 71.8 cm³/mol. The molecule has 2 unspecified atom stereocenters. The molecule has 0 spiro atoms. The summed E-state index contributed by atoms with van der Waals surface area (Å²) in [7, 11) is 0. The van der Waals surface area contributed by atoms with Gasteiger partial charge in [0.05, 0.1) is 12.7 Å². The molecule has 0 radical (unpaired) electrons. The maximum atomic E-state index is 6.13. The first-order valence-electron chi connectivity index (χ1n) is 5.89. The Kier molecular flexibility index (Phi) is 4.06. The first-order valence-corrected chi connectivity index (χ1v) is 6.27. The van der Waals surface area contributed by atoms with Gasteiger partial charge in [-0.25, -0.2) is 0 Å². The number of nitrogens with two attached hydrogens (primary N) is 1. The fraction of sp³-hybridized carbons (Fsp3) is 0.429. The Balaban J connectivity index is 2.02. The minimum absolute atomic E-state index is 0.0699. The van der Waals surface area contributed by atoms with Crippen molar-refractivity contribution in [3.05, 3.63) is 34.9 Å². The fourth-order valence-corrected chi connectivity index (χ4v) is 2.52. The Labute approximate surface area is 108 Å². The van der Waals surface area contributed by atoms with Gasteiger partial charge in [0.25, 0.3) is 0 Å². The van der Waals surface area contributed by atoms with Crippen molar-refractivity contribution in [2.24, 2.45) is 5.73 Å². The van der Waals surface area contributed by atoms with Crippen LogP contribution in [0.4, 0.5) is 0 Å². The number of rotatable bonds is 2. The summed E-state index contributed by atoms with van der Waals surface area (Å²) in [5.41, 5.74) is 7.45. The highest BCUT2D eigenvalue weighted by molar-refractivity contribution is 6.30. The summed E-state index contributed by atoms with van der Waals surface area (Å²) in [5.74, 6) is 3.18. The molecule has 3 heteroatoms. The van der Waals surface area contributed by atoms with Crippen LogP contribution in [0.2, 0.25) is 5.02 Å². The highest BCUT2D eigenvalue weighted by Crippen LogP contribution is 2.30. The first-order chi connectivity index (χ1) is 8.20. The minimum Gasteiger partial charge on any atom is -0.316 e. The van der Waals surface area contributed by atoms with Crippen LogP contribution in [0.15, 0.2) is 24.3 Å². The molecule has 0 saturated carbocycles. The van der Waals surface area contributed by atoms with E-state index in [0.29, 0.717) is 12.5 Å². The van der Waals surface area contributed by atoms with Gasteiger partial charge in [0, 0.05) is 11.6 Å². The van der Waals surface area contributed by atoms with Gasteiger partial charge in [-0.3, -0.25) is 4.90 Å². The van der Waals surface area contributed by atoms with Crippen LogP contribution in [0.3, 0.4) is 0 Å². The first kappa shape index (κ1) is 12.4. The highest BCUT2D eigenvalue weighted by Gasteiger charge is 2.25. The van der Waals surface area contributed by atoms with Gasteiger partial charge in [-0.05, 0) is 36.5 Å². The van der Waals surface area contributed by atoms with Gasteiger partial charge >= 0.3 is 0 Å². The van der Waals surface area contributed by atoms with Gasteiger partial charge in [-0.2, -0.15) is 0 Å². The van der Waals surface area contributed by atoms with Crippen LogP contribution in [0.25, 0.3) is 0 Å². The Morgan fingerprint density at radius 1 is 1.41 bits per heavy atom. The number of hydrogen-bond donors (Lipinski definition) is 1. The number of terminal acetylenes is 1. The molecule has 0 amide bonds. The molecule has 1 heterocycles. The summed E-state index contributed by atoms with van der Waals surface area (Å²) in [6, 6.07) is 8.07. The van der Waals surface area contributed by atoms with E-state index in [9.17, 15) is 0 Å². The van der Waals surface area contributed by atoms with E-state index >= 15 is 0 Å². The lowest BCUT2D eigenvalue weighted by molar-refractivity contribution is 0.157.